The van der Waals surface area contributed by atoms with Gasteiger partial charge in [-0.1, -0.05) is 265 Å². The highest BCUT2D eigenvalue weighted by atomic mass is 31.2. The van der Waals surface area contributed by atoms with Gasteiger partial charge in [0.05, 0.1) is 26.4 Å². The molecule has 0 radical (unpaired) electrons. The van der Waals surface area contributed by atoms with Crippen LogP contribution in [-0.4, -0.2) is 96.7 Å². The summed E-state index contributed by atoms with van der Waals surface area (Å²) >= 11 is 0. The first-order valence-electron chi connectivity index (χ1n) is 35.2. The summed E-state index contributed by atoms with van der Waals surface area (Å²) < 4.78 is 68.2. The minimum atomic E-state index is -4.96. The van der Waals surface area contributed by atoms with Gasteiger partial charge < -0.3 is 33.8 Å². The predicted molar refractivity (Wildman–Crippen MR) is 354 cm³/mol. The molecule has 0 rings (SSSR count). The zero-order valence-electron chi connectivity index (χ0n) is 56.7. The Kier molecular flexibility index (Phi) is 57.9. The highest BCUT2D eigenvalue weighted by Crippen LogP contribution is 2.45. The zero-order chi connectivity index (χ0) is 65.2. The van der Waals surface area contributed by atoms with Crippen LogP contribution in [0.3, 0.4) is 0 Å². The molecule has 7 atom stereocenters. The number of ether oxygens (including phenoxy) is 4. The Bertz CT molecular complexity index is 1830. The van der Waals surface area contributed by atoms with Gasteiger partial charge in [0.2, 0.25) is 0 Å². The van der Waals surface area contributed by atoms with Gasteiger partial charge in [-0.25, -0.2) is 9.13 Å². The summed E-state index contributed by atoms with van der Waals surface area (Å²) in [6.45, 7) is 11.7. The number of allylic oxidation sites excluding steroid dienone is 4. The van der Waals surface area contributed by atoms with E-state index in [1.165, 1.54) is 103 Å². The Morgan fingerprint density at radius 2 is 0.670 bits per heavy atom. The van der Waals surface area contributed by atoms with E-state index in [-0.39, 0.29) is 25.7 Å². The highest BCUT2D eigenvalue weighted by Gasteiger charge is 2.30. The Labute approximate surface area is 535 Å². The SMILES string of the molecule is CCCCCC/C=C\C=C/CCCCCCCC(=O)OC[C@H](COP(=O)(O)OC[C@@H](O)COP(=O)(O)OC[C@@H](COC(=O)CCCCCCCCC(C)C)OC(=O)CCCCCCCCCCC(C)CC)OC(=O)CCCCCCCCCCC(C)CC. The monoisotopic (exact) mass is 1290 g/mol. The van der Waals surface area contributed by atoms with Gasteiger partial charge in [-0.05, 0) is 69.1 Å². The fourth-order valence-electron chi connectivity index (χ4n) is 9.76. The van der Waals surface area contributed by atoms with Crippen LogP contribution in [0.5, 0.6) is 0 Å². The first kappa shape index (κ1) is 85.5. The summed E-state index contributed by atoms with van der Waals surface area (Å²) in [6, 6.07) is 0. The predicted octanol–water partition coefficient (Wildman–Crippen LogP) is 19.0. The Hall–Kier alpha value is -2.46. The van der Waals surface area contributed by atoms with Crippen LogP contribution in [0.15, 0.2) is 24.3 Å². The standard InChI is InChI=1S/C69H130O17P2/c1-8-11-12-13-14-15-16-17-18-19-20-21-28-36-43-50-66(71)79-56-64(85-68(73)52-45-38-29-24-22-26-34-41-48-61(6)9-2)58-83-87(75,76)81-54-63(70)55-82-88(77,78)84-59-65(57-80-67(72)51-44-37-32-31-33-40-47-60(4)5)86-69(74)53-46-39-30-25-23-27-35-42-49-62(7)10-3/h15-18,60-65,70H,8-14,19-59H2,1-7H3,(H,75,76)(H,77,78)/b16-15-,18-17-/t61?,62?,63-,64-,65-/m1/s1. The smallest absolute Gasteiger partial charge is 0.462 e. The Balaban J connectivity index is 5.29. The molecule has 0 fully saturated rings. The number of phosphoric acid groups is 2. The summed E-state index contributed by atoms with van der Waals surface area (Å²) in [5.41, 5.74) is 0. The molecule has 518 valence electrons. The van der Waals surface area contributed by atoms with Crippen molar-refractivity contribution in [2.75, 3.05) is 39.6 Å². The second-order valence-corrected chi connectivity index (χ2v) is 28.1. The molecular weight excluding hydrogens is 1160 g/mol. The maximum absolute atomic E-state index is 13.0. The molecule has 0 aromatic heterocycles. The van der Waals surface area contributed by atoms with Gasteiger partial charge in [-0.2, -0.15) is 0 Å². The average molecular weight is 1290 g/mol. The van der Waals surface area contributed by atoms with E-state index in [1.54, 1.807) is 0 Å². The van der Waals surface area contributed by atoms with Gasteiger partial charge in [0.1, 0.15) is 19.3 Å². The van der Waals surface area contributed by atoms with Crippen LogP contribution in [-0.2, 0) is 65.4 Å². The topological polar surface area (TPSA) is 237 Å². The van der Waals surface area contributed by atoms with Crippen molar-refractivity contribution in [1.82, 2.24) is 0 Å². The third-order valence-corrected chi connectivity index (χ3v) is 17.9. The van der Waals surface area contributed by atoms with Crippen LogP contribution >= 0.6 is 15.6 Å². The number of aliphatic hydroxyl groups is 1. The van der Waals surface area contributed by atoms with Crippen LogP contribution in [0.2, 0.25) is 0 Å². The number of aliphatic hydroxyl groups excluding tert-OH is 1. The van der Waals surface area contributed by atoms with E-state index in [4.69, 9.17) is 37.0 Å². The number of rotatable bonds is 65. The molecular formula is C69H130O17P2. The van der Waals surface area contributed by atoms with Gasteiger partial charge >= 0.3 is 39.5 Å². The molecule has 0 aromatic carbocycles. The molecule has 19 heteroatoms. The van der Waals surface area contributed by atoms with Crippen LogP contribution in [0.4, 0.5) is 0 Å². The van der Waals surface area contributed by atoms with E-state index in [0.29, 0.717) is 31.6 Å². The fraction of sp³-hybridized carbons (Fsp3) is 0.884. The number of carbonyl (C=O) groups is 4. The Morgan fingerprint density at radius 1 is 0.375 bits per heavy atom. The van der Waals surface area contributed by atoms with Crippen LogP contribution < -0.4 is 0 Å². The summed E-state index contributed by atoms with van der Waals surface area (Å²) in [4.78, 5) is 72.4. The fourth-order valence-corrected chi connectivity index (χ4v) is 11.3. The lowest BCUT2D eigenvalue weighted by molar-refractivity contribution is -0.161. The van der Waals surface area contributed by atoms with Crippen molar-refractivity contribution in [2.45, 2.75) is 336 Å². The molecule has 88 heavy (non-hydrogen) atoms. The van der Waals surface area contributed by atoms with Gasteiger partial charge in [-0.15, -0.1) is 0 Å². The first-order valence-corrected chi connectivity index (χ1v) is 38.2. The van der Waals surface area contributed by atoms with Crippen molar-refractivity contribution >= 4 is 39.5 Å². The summed E-state index contributed by atoms with van der Waals surface area (Å²) in [5, 5.41) is 10.6. The number of hydrogen-bond acceptors (Lipinski definition) is 15. The van der Waals surface area contributed by atoms with Crippen LogP contribution in [0.1, 0.15) is 318 Å². The minimum Gasteiger partial charge on any atom is -0.462 e. The third kappa shape index (κ3) is 59.8. The second-order valence-electron chi connectivity index (χ2n) is 25.2. The lowest BCUT2D eigenvalue weighted by atomic mass is 9.99. The lowest BCUT2D eigenvalue weighted by Crippen LogP contribution is -2.30. The molecule has 3 N–H and O–H groups in total. The molecule has 17 nitrogen and oxygen atoms in total. The van der Waals surface area contributed by atoms with E-state index in [0.717, 1.165) is 127 Å². The quantitative estimate of drug-likeness (QED) is 0.0169. The maximum Gasteiger partial charge on any atom is 0.472 e. The summed E-state index contributed by atoms with van der Waals surface area (Å²) in [6.07, 6.45) is 45.3. The van der Waals surface area contributed by atoms with Crippen LogP contribution in [0, 0.1) is 17.8 Å². The molecule has 4 unspecified atom stereocenters. The van der Waals surface area contributed by atoms with Crippen molar-refractivity contribution in [2.24, 2.45) is 17.8 Å². The molecule has 0 bridgehead atoms. The minimum absolute atomic E-state index is 0.0975. The number of hydrogen-bond donors (Lipinski definition) is 3. The zero-order valence-corrected chi connectivity index (χ0v) is 58.5. The summed E-state index contributed by atoms with van der Waals surface area (Å²) in [5.74, 6) is 0.0488. The Morgan fingerprint density at radius 3 is 1.01 bits per heavy atom. The molecule has 0 saturated heterocycles. The molecule has 0 spiro atoms. The van der Waals surface area contributed by atoms with Crippen molar-refractivity contribution in [3.63, 3.8) is 0 Å². The first-order chi connectivity index (χ1) is 42.3. The number of esters is 4. The lowest BCUT2D eigenvalue weighted by Gasteiger charge is -2.21. The molecule has 0 aliphatic rings. The van der Waals surface area contributed by atoms with E-state index in [2.05, 4.69) is 72.8 Å². The van der Waals surface area contributed by atoms with E-state index < -0.39 is 97.5 Å². The van der Waals surface area contributed by atoms with Gasteiger partial charge in [-0.3, -0.25) is 37.3 Å². The summed E-state index contributed by atoms with van der Waals surface area (Å²) in [7, 11) is -9.91. The molecule has 0 aliphatic carbocycles. The van der Waals surface area contributed by atoms with E-state index >= 15 is 0 Å². The van der Waals surface area contributed by atoms with Crippen molar-refractivity contribution in [3.8, 4) is 0 Å². The van der Waals surface area contributed by atoms with Crippen LogP contribution in [0.25, 0.3) is 0 Å². The normalized spacial score (nSPS) is 15.0. The van der Waals surface area contributed by atoms with Crippen molar-refractivity contribution in [1.29, 1.82) is 0 Å². The molecule has 0 aromatic rings. The van der Waals surface area contributed by atoms with Gasteiger partial charge in [0.15, 0.2) is 12.2 Å². The maximum atomic E-state index is 13.0. The van der Waals surface area contributed by atoms with Gasteiger partial charge in [0, 0.05) is 25.7 Å². The van der Waals surface area contributed by atoms with E-state index in [9.17, 15) is 43.2 Å². The molecule has 0 heterocycles. The molecule has 0 amide bonds. The van der Waals surface area contributed by atoms with Gasteiger partial charge in [0.25, 0.3) is 0 Å². The van der Waals surface area contributed by atoms with Crippen molar-refractivity contribution in [3.05, 3.63) is 24.3 Å². The average Bonchev–Trinajstić information content (AvgIpc) is 3.62. The number of unbranched alkanes of at least 4 members (excludes halogenated alkanes) is 28. The number of carbonyl (C=O) groups excluding carboxylic acids is 4. The molecule has 0 aliphatic heterocycles. The van der Waals surface area contributed by atoms with E-state index in [1.807, 2.05) is 0 Å². The number of phosphoric ester groups is 2. The largest absolute Gasteiger partial charge is 0.472 e. The third-order valence-electron chi connectivity index (χ3n) is 16.0. The highest BCUT2D eigenvalue weighted by molar-refractivity contribution is 7.47. The van der Waals surface area contributed by atoms with Crippen molar-refractivity contribution < 1.29 is 80.2 Å². The molecule has 0 saturated carbocycles. The second kappa shape index (κ2) is 59.5.